The monoisotopic (exact) mass is 417 g/mol. The lowest BCUT2D eigenvalue weighted by Crippen LogP contribution is -2.31. The molecule has 4 nitrogen and oxygen atoms in total. The van der Waals surface area contributed by atoms with Gasteiger partial charge in [0.25, 0.3) is 11.8 Å². The van der Waals surface area contributed by atoms with E-state index in [4.69, 9.17) is 4.42 Å². The first-order chi connectivity index (χ1) is 14.5. The van der Waals surface area contributed by atoms with E-state index in [0.717, 1.165) is 34.4 Å². The van der Waals surface area contributed by atoms with Gasteiger partial charge in [-0.05, 0) is 61.2 Å². The largest absolute Gasteiger partial charge is 0.468 e. The van der Waals surface area contributed by atoms with E-state index in [0.29, 0.717) is 21.9 Å². The van der Waals surface area contributed by atoms with Crippen LogP contribution in [-0.4, -0.2) is 11.8 Å². The summed E-state index contributed by atoms with van der Waals surface area (Å²) in [7, 11) is 0. The molecule has 2 heterocycles. The Hall–Kier alpha value is -3.05. The van der Waals surface area contributed by atoms with Crippen molar-refractivity contribution in [2.75, 3.05) is 4.90 Å². The molecule has 0 bridgehead atoms. The number of carbonyl (C=O) groups is 2. The number of imide groups is 1. The van der Waals surface area contributed by atoms with Crippen LogP contribution in [0.2, 0.25) is 0 Å². The first kappa shape index (κ1) is 20.2. The predicted molar refractivity (Wildman–Crippen MR) is 121 cm³/mol. The second kappa shape index (κ2) is 8.36. The Bertz CT molecular complexity index is 1130. The van der Waals surface area contributed by atoms with Gasteiger partial charge in [0.1, 0.15) is 5.76 Å². The van der Waals surface area contributed by atoms with Crippen LogP contribution in [0.25, 0.3) is 5.57 Å². The van der Waals surface area contributed by atoms with Crippen LogP contribution < -0.4 is 4.90 Å². The van der Waals surface area contributed by atoms with Crippen LogP contribution in [0, 0.1) is 13.8 Å². The maximum Gasteiger partial charge on any atom is 0.272 e. The van der Waals surface area contributed by atoms with Gasteiger partial charge in [-0.25, -0.2) is 4.90 Å². The van der Waals surface area contributed by atoms with Gasteiger partial charge in [0.15, 0.2) is 0 Å². The molecule has 1 aromatic heterocycles. The Morgan fingerprint density at radius 2 is 1.73 bits per heavy atom. The molecule has 152 valence electrons. The van der Waals surface area contributed by atoms with E-state index in [9.17, 15) is 9.59 Å². The quantitative estimate of drug-likeness (QED) is 0.485. The van der Waals surface area contributed by atoms with Gasteiger partial charge in [0, 0.05) is 0 Å². The average Bonchev–Trinajstić information content (AvgIpc) is 3.33. The molecule has 5 heteroatoms. The van der Waals surface area contributed by atoms with Gasteiger partial charge < -0.3 is 4.42 Å². The molecule has 1 aliphatic rings. The minimum atomic E-state index is -0.282. The second-order valence-electron chi connectivity index (χ2n) is 7.36. The molecule has 0 atom stereocenters. The second-order valence-corrected chi connectivity index (χ2v) is 8.34. The summed E-state index contributed by atoms with van der Waals surface area (Å²) in [5, 5.41) is 0. The molecule has 4 rings (SSSR count). The van der Waals surface area contributed by atoms with Crippen molar-refractivity contribution < 1.29 is 14.0 Å². The predicted octanol–water partition coefficient (Wildman–Crippen LogP) is 5.68. The lowest BCUT2D eigenvalue weighted by Gasteiger charge is -2.16. The van der Waals surface area contributed by atoms with E-state index in [-0.39, 0.29) is 11.8 Å². The summed E-state index contributed by atoms with van der Waals surface area (Å²) in [6, 6.07) is 17.2. The SMILES string of the molecule is CCc1ccc(N2C(=O)C(SCc3ccco3)=C(c3ccc(C)cc3C)C2=O)cc1. The van der Waals surface area contributed by atoms with Gasteiger partial charge in [-0.15, -0.1) is 11.8 Å². The Morgan fingerprint density at radius 3 is 2.37 bits per heavy atom. The fourth-order valence-corrected chi connectivity index (χ4v) is 4.64. The highest BCUT2D eigenvalue weighted by atomic mass is 32.2. The van der Waals surface area contributed by atoms with Crippen molar-refractivity contribution in [1.82, 2.24) is 0 Å². The molecule has 0 N–H and O–H groups in total. The van der Waals surface area contributed by atoms with Crippen LogP contribution in [0.15, 0.2) is 70.2 Å². The number of anilines is 1. The smallest absolute Gasteiger partial charge is 0.272 e. The maximum absolute atomic E-state index is 13.5. The van der Waals surface area contributed by atoms with Crippen molar-refractivity contribution in [1.29, 1.82) is 0 Å². The van der Waals surface area contributed by atoms with Crippen molar-refractivity contribution in [3.05, 3.63) is 93.8 Å². The third-order valence-electron chi connectivity index (χ3n) is 5.23. The number of hydrogen-bond donors (Lipinski definition) is 0. The van der Waals surface area contributed by atoms with E-state index in [1.165, 1.54) is 16.7 Å². The van der Waals surface area contributed by atoms with Crippen LogP contribution >= 0.6 is 11.8 Å². The summed E-state index contributed by atoms with van der Waals surface area (Å²) in [5.74, 6) is 0.686. The summed E-state index contributed by atoms with van der Waals surface area (Å²) < 4.78 is 5.42. The fraction of sp³-hybridized carbons (Fsp3) is 0.200. The lowest BCUT2D eigenvalue weighted by molar-refractivity contribution is -0.119. The van der Waals surface area contributed by atoms with Crippen LogP contribution in [-0.2, 0) is 21.8 Å². The van der Waals surface area contributed by atoms with E-state index in [2.05, 4.69) is 6.92 Å². The molecule has 0 saturated heterocycles. The molecule has 0 radical (unpaired) electrons. The number of aryl methyl sites for hydroxylation is 3. The third-order valence-corrected chi connectivity index (χ3v) is 6.33. The van der Waals surface area contributed by atoms with E-state index < -0.39 is 0 Å². The van der Waals surface area contributed by atoms with Gasteiger partial charge in [-0.2, -0.15) is 0 Å². The van der Waals surface area contributed by atoms with Gasteiger partial charge in [0.05, 0.1) is 28.2 Å². The van der Waals surface area contributed by atoms with Crippen LogP contribution in [0.4, 0.5) is 5.69 Å². The fourth-order valence-electron chi connectivity index (χ4n) is 3.63. The van der Waals surface area contributed by atoms with Crippen LogP contribution in [0.1, 0.15) is 34.9 Å². The normalized spacial score (nSPS) is 14.2. The molecule has 0 fully saturated rings. The Kier molecular flexibility index (Phi) is 5.64. The Morgan fingerprint density at radius 1 is 0.967 bits per heavy atom. The third kappa shape index (κ3) is 3.73. The number of furan rings is 1. The summed E-state index contributed by atoms with van der Waals surface area (Å²) >= 11 is 1.35. The van der Waals surface area contributed by atoms with Gasteiger partial charge >= 0.3 is 0 Å². The molecule has 0 spiro atoms. The Labute approximate surface area is 180 Å². The van der Waals surface area contributed by atoms with E-state index in [1.807, 2.05) is 68.4 Å². The van der Waals surface area contributed by atoms with Crippen molar-refractivity contribution in [2.24, 2.45) is 0 Å². The lowest BCUT2D eigenvalue weighted by atomic mass is 9.98. The number of thioether (sulfide) groups is 1. The summed E-state index contributed by atoms with van der Waals surface area (Å²) in [6.07, 6.45) is 2.51. The molecule has 0 unspecified atom stereocenters. The molecular weight excluding hydrogens is 394 g/mol. The molecule has 3 aromatic rings. The van der Waals surface area contributed by atoms with Crippen LogP contribution in [0.5, 0.6) is 0 Å². The number of benzene rings is 2. The number of nitrogens with zero attached hydrogens (tertiary/aromatic N) is 1. The number of amides is 2. The zero-order chi connectivity index (χ0) is 21.3. The van der Waals surface area contributed by atoms with E-state index >= 15 is 0 Å². The molecule has 0 aliphatic carbocycles. The maximum atomic E-state index is 13.5. The van der Waals surface area contributed by atoms with E-state index in [1.54, 1.807) is 6.26 Å². The molecule has 30 heavy (non-hydrogen) atoms. The van der Waals surface area contributed by atoms with Gasteiger partial charge in [0.2, 0.25) is 0 Å². The summed E-state index contributed by atoms with van der Waals surface area (Å²) in [4.78, 5) is 28.6. The Balaban J connectivity index is 1.76. The van der Waals surface area contributed by atoms with Crippen molar-refractivity contribution in [3.8, 4) is 0 Å². The first-order valence-corrected chi connectivity index (χ1v) is 10.9. The minimum Gasteiger partial charge on any atom is -0.468 e. The highest BCUT2D eigenvalue weighted by Gasteiger charge is 2.40. The minimum absolute atomic E-state index is 0.279. The van der Waals surface area contributed by atoms with Crippen molar-refractivity contribution in [3.63, 3.8) is 0 Å². The van der Waals surface area contributed by atoms with Crippen molar-refractivity contribution in [2.45, 2.75) is 32.9 Å². The van der Waals surface area contributed by atoms with Gasteiger partial charge in [-0.3, -0.25) is 9.59 Å². The molecular formula is C25H23NO3S. The molecule has 0 saturated carbocycles. The number of carbonyl (C=O) groups excluding carboxylic acids is 2. The highest BCUT2D eigenvalue weighted by Crippen LogP contribution is 2.40. The highest BCUT2D eigenvalue weighted by molar-refractivity contribution is 8.03. The van der Waals surface area contributed by atoms with Crippen molar-refractivity contribution >= 4 is 34.8 Å². The summed E-state index contributed by atoms with van der Waals surface area (Å²) in [5.41, 5.74) is 5.11. The molecule has 2 aromatic carbocycles. The first-order valence-electron chi connectivity index (χ1n) is 9.94. The average molecular weight is 418 g/mol. The zero-order valence-electron chi connectivity index (χ0n) is 17.3. The topological polar surface area (TPSA) is 50.5 Å². The molecule has 1 aliphatic heterocycles. The number of hydrogen-bond acceptors (Lipinski definition) is 4. The zero-order valence-corrected chi connectivity index (χ0v) is 18.1. The summed E-state index contributed by atoms with van der Waals surface area (Å²) in [6.45, 7) is 6.06. The van der Waals surface area contributed by atoms with Crippen LogP contribution in [0.3, 0.4) is 0 Å². The standard InChI is InChI=1S/C25H23NO3S/c1-4-18-8-10-19(11-9-18)26-24(27)22(21-12-7-16(2)14-17(21)3)23(25(26)28)30-15-20-6-5-13-29-20/h5-14H,4,15H2,1-3H3. The van der Waals surface area contributed by atoms with Gasteiger partial charge in [-0.1, -0.05) is 42.8 Å². The number of rotatable bonds is 6. The molecule has 2 amide bonds.